The summed E-state index contributed by atoms with van der Waals surface area (Å²) < 4.78 is 0. The van der Waals surface area contributed by atoms with Crippen molar-refractivity contribution in [3.8, 4) is 0 Å². The number of carbonyl (C=O) groups is 1. The summed E-state index contributed by atoms with van der Waals surface area (Å²) in [6.45, 7) is 7.90. The van der Waals surface area contributed by atoms with E-state index in [-0.39, 0.29) is 29.9 Å². The number of anilines is 1. The van der Waals surface area contributed by atoms with Crippen LogP contribution in [0, 0.1) is 29.9 Å². The van der Waals surface area contributed by atoms with Gasteiger partial charge in [0.05, 0.1) is 11.5 Å². The molecule has 6 heteroatoms. The van der Waals surface area contributed by atoms with Crippen LogP contribution in [0.1, 0.15) is 36.6 Å². The molecule has 1 amide bonds. The van der Waals surface area contributed by atoms with Crippen LogP contribution < -0.4 is 10.6 Å². The molecule has 0 aliphatic carbocycles. The molecule has 0 aromatic heterocycles. The fourth-order valence-electron chi connectivity index (χ4n) is 2.85. The van der Waals surface area contributed by atoms with Crippen molar-refractivity contribution in [2.45, 2.75) is 33.7 Å². The van der Waals surface area contributed by atoms with E-state index in [0.717, 1.165) is 16.7 Å². The van der Waals surface area contributed by atoms with Gasteiger partial charge in [-0.1, -0.05) is 44.2 Å². The first-order valence-electron chi connectivity index (χ1n) is 8.63. The lowest BCUT2D eigenvalue weighted by Gasteiger charge is -2.22. The van der Waals surface area contributed by atoms with Crippen molar-refractivity contribution in [3.05, 3.63) is 69.3 Å². The second-order valence-corrected chi connectivity index (χ2v) is 6.77. The van der Waals surface area contributed by atoms with Gasteiger partial charge >= 0.3 is 0 Å². The summed E-state index contributed by atoms with van der Waals surface area (Å²) in [5, 5.41) is 17.2. The number of hydrogen-bond donors (Lipinski definition) is 2. The predicted octanol–water partition coefficient (Wildman–Crippen LogP) is 4.14. The molecule has 2 aromatic carbocycles. The summed E-state index contributed by atoms with van der Waals surface area (Å²) in [5.74, 6) is -0.0147. The number of rotatable bonds is 7. The number of benzene rings is 2. The lowest BCUT2D eigenvalue weighted by atomic mass is 9.96. The van der Waals surface area contributed by atoms with Gasteiger partial charge in [0.25, 0.3) is 5.69 Å². The molecule has 0 fully saturated rings. The van der Waals surface area contributed by atoms with Gasteiger partial charge in [-0.3, -0.25) is 14.9 Å². The van der Waals surface area contributed by atoms with Crippen LogP contribution in [-0.4, -0.2) is 17.4 Å². The molecular weight excluding hydrogens is 330 g/mol. The third kappa shape index (κ3) is 4.89. The van der Waals surface area contributed by atoms with Gasteiger partial charge in [-0.15, -0.1) is 0 Å². The van der Waals surface area contributed by atoms with E-state index in [0.29, 0.717) is 5.92 Å². The molecule has 0 heterocycles. The van der Waals surface area contributed by atoms with Crippen molar-refractivity contribution in [1.29, 1.82) is 0 Å². The Morgan fingerprint density at radius 1 is 1.12 bits per heavy atom. The highest BCUT2D eigenvalue weighted by atomic mass is 16.6. The van der Waals surface area contributed by atoms with Gasteiger partial charge in [-0.2, -0.15) is 0 Å². The summed E-state index contributed by atoms with van der Waals surface area (Å²) in [4.78, 5) is 23.1. The van der Waals surface area contributed by atoms with E-state index in [4.69, 9.17) is 0 Å². The van der Waals surface area contributed by atoms with Crippen LogP contribution in [0.3, 0.4) is 0 Å². The Kier molecular flexibility index (Phi) is 6.46. The molecule has 0 aliphatic heterocycles. The highest BCUT2D eigenvalue weighted by Crippen LogP contribution is 2.28. The summed E-state index contributed by atoms with van der Waals surface area (Å²) in [7, 11) is 0. The highest BCUT2D eigenvalue weighted by molar-refractivity contribution is 5.94. The molecule has 6 nitrogen and oxygen atoms in total. The fourth-order valence-corrected chi connectivity index (χ4v) is 2.85. The molecule has 0 saturated carbocycles. The molecule has 0 radical (unpaired) electrons. The van der Waals surface area contributed by atoms with Crippen LogP contribution in [0.5, 0.6) is 0 Å². The summed E-state index contributed by atoms with van der Waals surface area (Å²) in [6.07, 6.45) is 0. The van der Waals surface area contributed by atoms with Crippen LogP contribution in [0.4, 0.5) is 11.4 Å². The Morgan fingerprint density at radius 2 is 1.73 bits per heavy atom. The molecule has 1 atom stereocenters. The quantitative estimate of drug-likeness (QED) is 0.577. The van der Waals surface area contributed by atoms with Crippen LogP contribution in [0.25, 0.3) is 0 Å². The van der Waals surface area contributed by atoms with E-state index in [2.05, 4.69) is 24.5 Å². The SMILES string of the molecule is Cc1cc(NC(=O)CN[C@H](c2ccccc2)C(C)C)c([N+](=O)[O-])cc1C. The topological polar surface area (TPSA) is 84.3 Å². The van der Waals surface area contributed by atoms with Gasteiger partial charge in [-0.05, 0) is 42.5 Å². The Hall–Kier alpha value is -2.73. The van der Waals surface area contributed by atoms with E-state index < -0.39 is 4.92 Å². The highest BCUT2D eigenvalue weighted by Gasteiger charge is 2.19. The van der Waals surface area contributed by atoms with Crippen LogP contribution in [0.15, 0.2) is 42.5 Å². The molecule has 2 aromatic rings. The van der Waals surface area contributed by atoms with E-state index in [9.17, 15) is 14.9 Å². The van der Waals surface area contributed by atoms with Gasteiger partial charge in [0.15, 0.2) is 0 Å². The first-order chi connectivity index (χ1) is 12.3. The smallest absolute Gasteiger partial charge is 0.293 e. The van der Waals surface area contributed by atoms with Crippen LogP contribution in [0.2, 0.25) is 0 Å². The first-order valence-corrected chi connectivity index (χ1v) is 8.63. The monoisotopic (exact) mass is 355 g/mol. The zero-order chi connectivity index (χ0) is 19.3. The van der Waals surface area contributed by atoms with Crippen molar-refractivity contribution < 1.29 is 9.72 Å². The second-order valence-electron chi connectivity index (χ2n) is 6.77. The van der Waals surface area contributed by atoms with Crippen molar-refractivity contribution >= 4 is 17.3 Å². The summed E-state index contributed by atoms with van der Waals surface area (Å²) >= 11 is 0. The molecule has 2 N–H and O–H groups in total. The Morgan fingerprint density at radius 3 is 2.31 bits per heavy atom. The van der Waals surface area contributed by atoms with Crippen molar-refractivity contribution in [2.24, 2.45) is 5.92 Å². The maximum atomic E-state index is 12.3. The number of amides is 1. The lowest BCUT2D eigenvalue weighted by Crippen LogP contribution is -2.33. The maximum Gasteiger partial charge on any atom is 0.293 e. The number of hydrogen-bond acceptors (Lipinski definition) is 4. The van der Waals surface area contributed by atoms with Gasteiger partial charge in [0, 0.05) is 12.1 Å². The number of nitrogens with one attached hydrogen (secondary N) is 2. The summed E-state index contributed by atoms with van der Waals surface area (Å²) in [5.41, 5.74) is 2.95. The van der Waals surface area contributed by atoms with Crippen LogP contribution >= 0.6 is 0 Å². The Bertz CT molecular complexity index is 788. The standard InChI is InChI=1S/C20H25N3O3/c1-13(2)20(16-8-6-5-7-9-16)21-12-19(24)22-17-10-14(3)15(4)11-18(17)23(25)26/h5-11,13,20-21H,12H2,1-4H3,(H,22,24)/t20-/m0/s1. The Labute approximate surface area is 153 Å². The predicted molar refractivity (Wildman–Crippen MR) is 103 cm³/mol. The number of aryl methyl sites for hydroxylation is 2. The van der Waals surface area contributed by atoms with Crippen molar-refractivity contribution in [3.63, 3.8) is 0 Å². The number of nitrogens with zero attached hydrogens (tertiary/aromatic N) is 1. The van der Waals surface area contributed by atoms with Gasteiger partial charge in [0.2, 0.25) is 5.91 Å². The van der Waals surface area contributed by atoms with Crippen molar-refractivity contribution in [2.75, 3.05) is 11.9 Å². The molecule has 138 valence electrons. The third-order valence-electron chi connectivity index (χ3n) is 4.39. The van der Waals surface area contributed by atoms with E-state index in [1.54, 1.807) is 6.07 Å². The number of carbonyl (C=O) groups excluding carboxylic acids is 1. The lowest BCUT2D eigenvalue weighted by molar-refractivity contribution is -0.384. The van der Waals surface area contributed by atoms with Crippen LogP contribution in [-0.2, 0) is 4.79 Å². The number of nitro groups is 1. The van der Waals surface area contributed by atoms with Gasteiger partial charge in [-0.25, -0.2) is 0 Å². The van der Waals surface area contributed by atoms with Crippen molar-refractivity contribution in [1.82, 2.24) is 5.32 Å². The minimum atomic E-state index is -0.476. The minimum absolute atomic E-state index is 0.0247. The fraction of sp³-hybridized carbons (Fsp3) is 0.350. The van der Waals surface area contributed by atoms with E-state index in [1.165, 1.54) is 6.07 Å². The Balaban J connectivity index is 2.09. The van der Waals surface area contributed by atoms with E-state index >= 15 is 0 Å². The van der Waals surface area contributed by atoms with E-state index in [1.807, 2.05) is 44.2 Å². The molecule has 0 spiro atoms. The zero-order valence-corrected chi connectivity index (χ0v) is 15.6. The van der Waals surface area contributed by atoms with Gasteiger partial charge in [0.1, 0.15) is 5.69 Å². The molecule has 0 aliphatic rings. The third-order valence-corrected chi connectivity index (χ3v) is 4.39. The normalized spacial score (nSPS) is 12.0. The minimum Gasteiger partial charge on any atom is -0.319 e. The summed E-state index contributed by atoms with van der Waals surface area (Å²) in [6, 6.07) is 13.1. The van der Waals surface area contributed by atoms with Gasteiger partial charge < -0.3 is 10.6 Å². The molecule has 0 bridgehead atoms. The maximum absolute atomic E-state index is 12.3. The zero-order valence-electron chi connectivity index (χ0n) is 15.6. The molecule has 2 rings (SSSR count). The average Bonchev–Trinajstić information content (AvgIpc) is 2.58. The molecule has 0 unspecified atom stereocenters. The number of nitro benzene ring substituents is 1. The molecule has 0 saturated heterocycles. The molecular formula is C20H25N3O3. The largest absolute Gasteiger partial charge is 0.319 e. The average molecular weight is 355 g/mol. The second kappa shape index (κ2) is 8.58. The first kappa shape index (κ1) is 19.6. The molecule has 26 heavy (non-hydrogen) atoms.